The van der Waals surface area contributed by atoms with Gasteiger partial charge in [-0.1, -0.05) is 35.3 Å². The van der Waals surface area contributed by atoms with E-state index in [-0.39, 0.29) is 18.6 Å². The van der Waals surface area contributed by atoms with Gasteiger partial charge >= 0.3 is 0 Å². The lowest BCUT2D eigenvalue weighted by atomic mass is 10.1. The molecule has 1 aliphatic rings. The highest BCUT2D eigenvalue weighted by atomic mass is 35.5. The molecule has 1 fully saturated rings. The highest BCUT2D eigenvalue weighted by molar-refractivity contribution is 6.36. The number of hydrogen-bond acceptors (Lipinski definition) is 4. The first-order chi connectivity index (χ1) is 13.5. The Balaban J connectivity index is 1.56. The number of carbonyl (C=O) groups excluding carboxylic acids is 2. The zero-order valence-electron chi connectivity index (χ0n) is 15.0. The van der Waals surface area contributed by atoms with E-state index in [1.807, 2.05) is 0 Å². The molecule has 2 amide bonds. The zero-order valence-corrected chi connectivity index (χ0v) is 16.6. The van der Waals surface area contributed by atoms with E-state index < -0.39 is 5.91 Å². The molecule has 0 aliphatic carbocycles. The van der Waals surface area contributed by atoms with Crippen molar-refractivity contribution in [2.75, 3.05) is 25.1 Å². The van der Waals surface area contributed by atoms with Gasteiger partial charge in [-0.15, -0.1) is 0 Å². The molecule has 0 saturated carbocycles. The maximum Gasteiger partial charge on any atom is 0.262 e. The Kier molecular flexibility index (Phi) is 7.14. The first kappa shape index (κ1) is 20.5. The molecule has 0 aromatic heterocycles. The summed E-state index contributed by atoms with van der Waals surface area (Å²) in [5, 5.41) is 6.30. The summed E-state index contributed by atoms with van der Waals surface area (Å²) in [6.45, 7) is 0.907. The van der Waals surface area contributed by atoms with Crippen LogP contribution in [0, 0.1) is 0 Å². The Labute approximate surface area is 173 Å². The molecule has 0 unspecified atom stereocenters. The van der Waals surface area contributed by atoms with Crippen LogP contribution in [-0.4, -0.2) is 37.7 Å². The number of anilines is 1. The normalized spacial score (nSPS) is 15.9. The molecule has 0 bridgehead atoms. The van der Waals surface area contributed by atoms with Gasteiger partial charge in [0.15, 0.2) is 6.61 Å². The third-order valence-electron chi connectivity index (χ3n) is 4.21. The van der Waals surface area contributed by atoms with Crippen LogP contribution >= 0.6 is 23.2 Å². The van der Waals surface area contributed by atoms with Crippen molar-refractivity contribution in [3.63, 3.8) is 0 Å². The van der Waals surface area contributed by atoms with Crippen molar-refractivity contribution in [2.24, 2.45) is 0 Å². The Morgan fingerprint density at radius 1 is 1.18 bits per heavy atom. The quantitative estimate of drug-likeness (QED) is 0.708. The smallest absolute Gasteiger partial charge is 0.262 e. The number of carbonyl (C=O) groups is 2. The van der Waals surface area contributed by atoms with Crippen LogP contribution in [0.5, 0.6) is 5.75 Å². The van der Waals surface area contributed by atoms with E-state index in [0.717, 1.165) is 19.4 Å². The van der Waals surface area contributed by atoms with Gasteiger partial charge in [-0.2, -0.15) is 0 Å². The summed E-state index contributed by atoms with van der Waals surface area (Å²) in [5.41, 5.74) is 0.792. The van der Waals surface area contributed by atoms with Crippen LogP contribution in [0.25, 0.3) is 0 Å². The monoisotopic (exact) mass is 422 g/mol. The van der Waals surface area contributed by atoms with Crippen LogP contribution < -0.4 is 15.4 Å². The van der Waals surface area contributed by atoms with Crippen LogP contribution in [0.1, 0.15) is 23.2 Å². The fraction of sp³-hybridized carbons (Fsp3) is 0.300. The summed E-state index contributed by atoms with van der Waals surface area (Å²) in [4.78, 5) is 24.6. The van der Waals surface area contributed by atoms with E-state index in [2.05, 4.69) is 10.6 Å². The standard InChI is InChI=1S/C20H20Cl2N2O4/c21-13-7-8-17(16(22)10-13)24-19(25)12-28-18-6-2-1-5-15(18)20(26)23-11-14-4-3-9-27-14/h1-2,5-8,10,14H,3-4,9,11-12H2,(H,23,26)(H,24,25)/t14-/m1/s1. The number of amides is 2. The topological polar surface area (TPSA) is 76.7 Å². The molecule has 6 nitrogen and oxygen atoms in total. The molecule has 148 valence electrons. The van der Waals surface area contributed by atoms with Crippen molar-refractivity contribution >= 4 is 40.7 Å². The lowest BCUT2D eigenvalue weighted by Crippen LogP contribution is -2.32. The van der Waals surface area contributed by atoms with Gasteiger partial charge in [0.2, 0.25) is 0 Å². The number of para-hydroxylation sites is 1. The minimum absolute atomic E-state index is 0.0481. The molecular formula is C20H20Cl2N2O4. The summed E-state index contributed by atoms with van der Waals surface area (Å²) in [7, 11) is 0. The van der Waals surface area contributed by atoms with E-state index in [9.17, 15) is 9.59 Å². The van der Waals surface area contributed by atoms with Gasteiger partial charge in [-0.3, -0.25) is 9.59 Å². The first-order valence-corrected chi connectivity index (χ1v) is 9.65. The summed E-state index contributed by atoms with van der Waals surface area (Å²) >= 11 is 11.9. The van der Waals surface area contributed by atoms with Crippen LogP contribution in [0.4, 0.5) is 5.69 Å². The van der Waals surface area contributed by atoms with E-state index in [1.54, 1.807) is 36.4 Å². The lowest BCUT2D eigenvalue weighted by molar-refractivity contribution is -0.118. The Hall–Kier alpha value is -2.28. The second-order valence-electron chi connectivity index (χ2n) is 6.30. The molecule has 1 saturated heterocycles. The number of halogens is 2. The van der Waals surface area contributed by atoms with Gasteiger partial charge in [-0.25, -0.2) is 0 Å². The molecular weight excluding hydrogens is 403 g/mol. The number of benzene rings is 2. The molecule has 2 aromatic carbocycles. The van der Waals surface area contributed by atoms with Gasteiger partial charge in [0, 0.05) is 18.2 Å². The van der Waals surface area contributed by atoms with E-state index in [0.29, 0.717) is 33.6 Å². The Morgan fingerprint density at radius 3 is 2.75 bits per heavy atom. The second kappa shape index (κ2) is 9.78. The molecule has 0 spiro atoms. The highest BCUT2D eigenvalue weighted by Gasteiger charge is 2.18. The Bertz CT molecular complexity index is 854. The molecule has 1 aliphatic heterocycles. The molecule has 1 heterocycles. The Morgan fingerprint density at radius 2 is 2.00 bits per heavy atom. The maximum atomic E-state index is 12.5. The largest absolute Gasteiger partial charge is 0.483 e. The van der Waals surface area contributed by atoms with Gasteiger partial charge in [0.25, 0.3) is 11.8 Å². The van der Waals surface area contributed by atoms with Crippen molar-refractivity contribution < 1.29 is 19.1 Å². The van der Waals surface area contributed by atoms with Gasteiger partial charge < -0.3 is 20.1 Å². The minimum Gasteiger partial charge on any atom is -0.483 e. The third-order valence-corrected chi connectivity index (χ3v) is 4.76. The van der Waals surface area contributed by atoms with Crippen molar-refractivity contribution in [2.45, 2.75) is 18.9 Å². The first-order valence-electron chi connectivity index (χ1n) is 8.89. The third kappa shape index (κ3) is 5.61. The second-order valence-corrected chi connectivity index (χ2v) is 7.15. The van der Waals surface area contributed by atoms with Crippen molar-refractivity contribution in [1.29, 1.82) is 0 Å². The van der Waals surface area contributed by atoms with Crippen LogP contribution in [0.3, 0.4) is 0 Å². The van der Waals surface area contributed by atoms with E-state index in [1.165, 1.54) is 6.07 Å². The average Bonchev–Trinajstić information content (AvgIpc) is 3.20. The fourth-order valence-corrected chi connectivity index (χ4v) is 3.26. The molecule has 8 heteroatoms. The van der Waals surface area contributed by atoms with Crippen LogP contribution in [-0.2, 0) is 9.53 Å². The average molecular weight is 423 g/mol. The summed E-state index contributed by atoms with van der Waals surface area (Å²) in [5.74, 6) is -0.351. The van der Waals surface area contributed by atoms with Crippen molar-refractivity contribution in [1.82, 2.24) is 5.32 Å². The van der Waals surface area contributed by atoms with Crippen molar-refractivity contribution in [3.05, 3.63) is 58.1 Å². The summed E-state index contributed by atoms with van der Waals surface area (Å²) < 4.78 is 11.1. The van der Waals surface area contributed by atoms with Crippen molar-refractivity contribution in [3.8, 4) is 5.75 Å². The number of nitrogens with one attached hydrogen (secondary N) is 2. The molecule has 3 rings (SSSR count). The van der Waals surface area contributed by atoms with Gasteiger partial charge in [0.05, 0.1) is 22.4 Å². The predicted molar refractivity (Wildman–Crippen MR) is 108 cm³/mol. The van der Waals surface area contributed by atoms with E-state index >= 15 is 0 Å². The predicted octanol–water partition coefficient (Wildman–Crippen LogP) is 3.92. The fourth-order valence-electron chi connectivity index (χ4n) is 2.81. The number of ether oxygens (including phenoxy) is 2. The molecule has 2 aromatic rings. The van der Waals surface area contributed by atoms with Crippen LogP contribution in [0.15, 0.2) is 42.5 Å². The summed E-state index contributed by atoms with van der Waals surface area (Å²) in [6, 6.07) is 11.5. The molecule has 1 atom stereocenters. The van der Waals surface area contributed by atoms with E-state index in [4.69, 9.17) is 32.7 Å². The summed E-state index contributed by atoms with van der Waals surface area (Å²) in [6.07, 6.45) is 1.99. The molecule has 28 heavy (non-hydrogen) atoms. The van der Waals surface area contributed by atoms with Crippen LogP contribution in [0.2, 0.25) is 10.0 Å². The minimum atomic E-state index is -0.404. The lowest BCUT2D eigenvalue weighted by Gasteiger charge is -2.14. The SMILES string of the molecule is O=C(COc1ccccc1C(=O)NC[C@H]1CCCO1)Nc1ccc(Cl)cc1Cl. The maximum absolute atomic E-state index is 12.5. The highest BCUT2D eigenvalue weighted by Crippen LogP contribution is 2.25. The molecule has 2 N–H and O–H groups in total. The van der Waals surface area contributed by atoms with Gasteiger partial charge in [0.1, 0.15) is 5.75 Å². The molecule has 0 radical (unpaired) electrons. The van der Waals surface area contributed by atoms with Gasteiger partial charge in [-0.05, 0) is 43.2 Å². The zero-order chi connectivity index (χ0) is 19.9. The number of hydrogen-bond donors (Lipinski definition) is 2. The number of rotatable bonds is 7.